The van der Waals surface area contributed by atoms with Crippen molar-refractivity contribution < 1.29 is 0 Å². The standard InChI is InChI=1S/C8H14N6/c9-4-1-5-14(6-2-3-6)8(12)13-7(10)11/h6H,1-3,5H2,(H5,10,11,12,13). The Morgan fingerprint density at radius 2 is 2.21 bits per heavy atom. The zero-order valence-corrected chi connectivity index (χ0v) is 7.90. The summed E-state index contributed by atoms with van der Waals surface area (Å²) in [6.45, 7) is 0.525. The van der Waals surface area contributed by atoms with Crippen LogP contribution in [0.5, 0.6) is 0 Å². The van der Waals surface area contributed by atoms with Crippen molar-refractivity contribution >= 4 is 11.9 Å². The molecule has 76 valence electrons. The summed E-state index contributed by atoms with van der Waals surface area (Å²) in [7, 11) is 0. The number of rotatable bonds is 3. The van der Waals surface area contributed by atoms with Gasteiger partial charge in [-0.1, -0.05) is 0 Å². The first-order valence-electron chi connectivity index (χ1n) is 4.47. The fourth-order valence-electron chi connectivity index (χ4n) is 1.20. The molecule has 0 amide bonds. The number of guanidine groups is 2. The molecule has 0 aromatic heterocycles. The van der Waals surface area contributed by atoms with E-state index < -0.39 is 0 Å². The van der Waals surface area contributed by atoms with Gasteiger partial charge in [-0.3, -0.25) is 5.41 Å². The predicted molar refractivity (Wildman–Crippen MR) is 53.5 cm³/mol. The van der Waals surface area contributed by atoms with Gasteiger partial charge in [0.2, 0.25) is 5.96 Å². The maximum absolute atomic E-state index is 8.45. The molecule has 1 saturated carbocycles. The second-order valence-electron chi connectivity index (χ2n) is 3.19. The Hall–Kier alpha value is -1.77. The van der Waals surface area contributed by atoms with Gasteiger partial charge in [0.15, 0.2) is 5.96 Å². The number of nitriles is 1. The van der Waals surface area contributed by atoms with Crippen molar-refractivity contribution in [2.45, 2.75) is 25.3 Å². The molecule has 1 aliphatic carbocycles. The number of nitrogens with one attached hydrogen (secondary N) is 1. The highest BCUT2D eigenvalue weighted by Gasteiger charge is 2.30. The van der Waals surface area contributed by atoms with Crippen LogP contribution < -0.4 is 11.5 Å². The summed E-state index contributed by atoms with van der Waals surface area (Å²) in [6, 6.07) is 2.39. The van der Waals surface area contributed by atoms with Gasteiger partial charge in [-0.05, 0) is 12.8 Å². The highest BCUT2D eigenvalue weighted by Crippen LogP contribution is 2.27. The van der Waals surface area contributed by atoms with Gasteiger partial charge < -0.3 is 16.4 Å². The smallest absolute Gasteiger partial charge is 0.221 e. The molecule has 1 rings (SSSR count). The summed E-state index contributed by atoms with van der Waals surface area (Å²) in [5.74, 6) is -0.0552. The predicted octanol–water partition coefficient (Wildman–Crippen LogP) is -0.427. The quantitative estimate of drug-likeness (QED) is 0.417. The molecule has 6 nitrogen and oxygen atoms in total. The van der Waals surface area contributed by atoms with Crippen LogP contribution in [0.3, 0.4) is 0 Å². The van der Waals surface area contributed by atoms with E-state index in [9.17, 15) is 0 Å². The van der Waals surface area contributed by atoms with Crippen molar-refractivity contribution in [2.24, 2.45) is 16.5 Å². The van der Waals surface area contributed by atoms with Gasteiger partial charge in [0, 0.05) is 12.6 Å². The fourth-order valence-corrected chi connectivity index (χ4v) is 1.20. The first-order valence-corrected chi connectivity index (χ1v) is 4.47. The van der Waals surface area contributed by atoms with Gasteiger partial charge >= 0.3 is 0 Å². The third-order valence-electron chi connectivity index (χ3n) is 1.96. The van der Waals surface area contributed by atoms with Crippen molar-refractivity contribution in [3.05, 3.63) is 0 Å². The molecule has 0 radical (unpaired) electrons. The number of hydrogen-bond acceptors (Lipinski definition) is 2. The highest BCUT2D eigenvalue weighted by atomic mass is 15.3. The maximum Gasteiger partial charge on any atom is 0.221 e. The van der Waals surface area contributed by atoms with Crippen molar-refractivity contribution in [3.8, 4) is 6.07 Å². The van der Waals surface area contributed by atoms with Crippen LogP contribution in [0.15, 0.2) is 4.99 Å². The van der Waals surface area contributed by atoms with Gasteiger partial charge in [0.1, 0.15) is 0 Å². The van der Waals surface area contributed by atoms with Gasteiger partial charge in [-0.2, -0.15) is 10.3 Å². The molecule has 0 unspecified atom stereocenters. The Kier molecular flexibility index (Phi) is 3.29. The number of hydrogen-bond donors (Lipinski definition) is 3. The molecule has 0 saturated heterocycles. The van der Waals surface area contributed by atoms with Crippen LogP contribution in [0.2, 0.25) is 0 Å². The molecule has 0 heterocycles. The van der Waals surface area contributed by atoms with E-state index in [4.69, 9.17) is 22.1 Å². The molecule has 0 bridgehead atoms. The highest BCUT2D eigenvalue weighted by molar-refractivity contribution is 5.92. The van der Waals surface area contributed by atoms with Crippen LogP contribution in [-0.4, -0.2) is 29.4 Å². The summed E-state index contributed by atoms with van der Waals surface area (Å²) < 4.78 is 0. The Morgan fingerprint density at radius 3 is 2.64 bits per heavy atom. The topological polar surface area (TPSA) is 115 Å². The fraction of sp³-hybridized carbons (Fsp3) is 0.625. The van der Waals surface area contributed by atoms with Gasteiger partial charge in [0.25, 0.3) is 0 Å². The summed E-state index contributed by atoms with van der Waals surface area (Å²) in [5.41, 5.74) is 10.4. The Balaban J connectivity index is 2.54. The van der Waals surface area contributed by atoms with Gasteiger partial charge in [0.05, 0.1) is 12.5 Å². The molecule has 0 atom stereocenters. The normalized spacial score (nSPS) is 14.2. The Bertz CT molecular complexity index is 281. The van der Waals surface area contributed by atoms with E-state index in [0.717, 1.165) is 12.8 Å². The van der Waals surface area contributed by atoms with Gasteiger partial charge in [-0.15, -0.1) is 0 Å². The first-order chi connectivity index (χ1) is 6.65. The largest absolute Gasteiger partial charge is 0.370 e. The molecule has 6 heteroatoms. The summed E-state index contributed by atoms with van der Waals surface area (Å²) >= 11 is 0. The van der Waals surface area contributed by atoms with E-state index in [1.165, 1.54) is 0 Å². The Morgan fingerprint density at radius 1 is 1.57 bits per heavy atom. The molecular weight excluding hydrogens is 180 g/mol. The van der Waals surface area contributed by atoms with E-state index in [-0.39, 0.29) is 11.9 Å². The monoisotopic (exact) mass is 194 g/mol. The molecule has 1 aliphatic rings. The third kappa shape index (κ3) is 2.94. The van der Waals surface area contributed by atoms with Crippen molar-refractivity contribution in [1.82, 2.24) is 4.90 Å². The lowest BCUT2D eigenvalue weighted by atomic mass is 10.4. The van der Waals surface area contributed by atoms with Crippen molar-refractivity contribution in [2.75, 3.05) is 6.54 Å². The average molecular weight is 194 g/mol. The molecule has 5 N–H and O–H groups in total. The van der Waals surface area contributed by atoms with E-state index >= 15 is 0 Å². The molecule has 0 aliphatic heterocycles. The van der Waals surface area contributed by atoms with E-state index in [1.54, 1.807) is 4.90 Å². The molecular formula is C8H14N6. The lowest BCUT2D eigenvalue weighted by Crippen LogP contribution is -2.35. The third-order valence-corrected chi connectivity index (χ3v) is 1.96. The average Bonchev–Trinajstić information content (AvgIpc) is 2.87. The van der Waals surface area contributed by atoms with Crippen LogP contribution in [-0.2, 0) is 0 Å². The zero-order chi connectivity index (χ0) is 10.6. The molecule has 0 aromatic rings. The van der Waals surface area contributed by atoms with Gasteiger partial charge in [-0.25, -0.2) is 0 Å². The minimum atomic E-state index is -0.113. The van der Waals surface area contributed by atoms with E-state index in [1.807, 2.05) is 6.07 Å². The zero-order valence-electron chi connectivity index (χ0n) is 7.90. The summed E-state index contributed by atoms with van der Waals surface area (Å²) in [6.07, 6.45) is 2.49. The second kappa shape index (κ2) is 4.46. The maximum atomic E-state index is 8.45. The van der Waals surface area contributed by atoms with Crippen LogP contribution in [0.25, 0.3) is 0 Å². The van der Waals surface area contributed by atoms with Crippen LogP contribution in [0, 0.1) is 16.7 Å². The molecule has 0 aromatic carbocycles. The lowest BCUT2D eigenvalue weighted by molar-refractivity contribution is 0.411. The first kappa shape index (κ1) is 10.3. The summed E-state index contributed by atoms with van der Waals surface area (Å²) in [5, 5.41) is 16.0. The molecule has 1 fully saturated rings. The number of aliphatic imine (C=N–C) groups is 1. The van der Waals surface area contributed by atoms with E-state index in [0.29, 0.717) is 19.0 Å². The Labute approximate surface area is 82.7 Å². The van der Waals surface area contributed by atoms with Crippen LogP contribution in [0.1, 0.15) is 19.3 Å². The molecule has 14 heavy (non-hydrogen) atoms. The van der Waals surface area contributed by atoms with E-state index in [2.05, 4.69) is 4.99 Å². The minimum absolute atomic E-state index is 0.0581. The van der Waals surface area contributed by atoms with Crippen LogP contribution in [0.4, 0.5) is 0 Å². The SMILES string of the molecule is N#CCCN(C(=N)N=C(N)N)C1CC1. The minimum Gasteiger partial charge on any atom is -0.370 e. The van der Waals surface area contributed by atoms with Crippen molar-refractivity contribution in [1.29, 1.82) is 10.7 Å². The molecule has 0 spiro atoms. The van der Waals surface area contributed by atoms with Crippen LogP contribution >= 0.6 is 0 Å². The summed E-state index contributed by atoms with van der Waals surface area (Å²) in [4.78, 5) is 5.43. The van der Waals surface area contributed by atoms with Crippen molar-refractivity contribution in [3.63, 3.8) is 0 Å². The number of nitrogens with two attached hydrogens (primary N) is 2. The lowest BCUT2D eigenvalue weighted by Gasteiger charge is -2.20. The second-order valence-corrected chi connectivity index (χ2v) is 3.19. The number of nitrogens with zero attached hydrogens (tertiary/aromatic N) is 3.